The Morgan fingerprint density at radius 2 is 1.82 bits per heavy atom. The molecule has 0 bridgehead atoms. The maximum Gasteiger partial charge on any atom is 0.309 e. The van der Waals surface area contributed by atoms with Gasteiger partial charge in [-0.1, -0.05) is 18.2 Å². The average molecular weight is 386 g/mol. The Bertz CT molecular complexity index is 728. The van der Waals surface area contributed by atoms with E-state index in [1.807, 2.05) is 0 Å². The molecule has 0 radical (unpaired) electrons. The van der Waals surface area contributed by atoms with Gasteiger partial charge in [0.05, 0.1) is 6.04 Å². The predicted molar refractivity (Wildman–Crippen MR) is 111 cm³/mol. The fourth-order valence-corrected chi connectivity index (χ4v) is 3.90. The van der Waals surface area contributed by atoms with Gasteiger partial charge in [-0.15, -0.1) is 6.58 Å². The highest BCUT2D eigenvalue weighted by Gasteiger charge is 2.27. The second-order valence-electron chi connectivity index (χ2n) is 7.62. The Morgan fingerprint density at radius 3 is 2.54 bits per heavy atom. The van der Waals surface area contributed by atoms with E-state index in [0.717, 1.165) is 39.1 Å². The lowest BCUT2D eigenvalue weighted by Crippen LogP contribution is -2.49. The van der Waals surface area contributed by atoms with Crippen LogP contribution < -0.4 is 15.5 Å². The van der Waals surface area contributed by atoms with Crippen LogP contribution in [-0.4, -0.2) is 81.5 Å². The number of nitrogens with one attached hydrogen (secondary N) is 2. The summed E-state index contributed by atoms with van der Waals surface area (Å²) in [4.78, 5) is 31.0. The van der Waals surface area contributed by atoms with Crippen LogP contribution in [0.25, 0.3) is 0 Å². The van der Waals surface area contributed by atoms with Crippen LogP contribution in [0.15, 0.2) is 30.9 Å². The van der Waals surface area contributed by atoms with Crippen LogP contribution in [0.2, 0.25) is 0 Å². The number of piperazine rings is 1. The topological polar surface area (TPSA) is 67.9 Å². The molecule has 0 aromatic heterocycles. The molecule has 152 valence electrons. The number of amides is 2. The van der Waals surface area contributed by atoms with Crippen molar-refractivity contribution in [2.45, 2.75) is 12.5 Å². The van der Waals surface area contributed by atoms with Crippen LogP contribution >= 0.6 is 0 Å². The van der Waals surface area contributed by atoms with Gasteiger partial charge in [0.1, 0.15) is 0 Å². The summed E-state index contributed by atoms with van der Waals surface area (Å²) in [6.07, 6.45) is 2.60. The minimum absolute atomic E-state index is 0.0565. The smallest absolute Gasteiger partial charge is 0.309 e. The first kappa shape index (κ1) is 20.4. The number of hydrogen-bond donors (Lipinski definition) is 2. The maximum atomic E-state index is 12.2. The Labute approximate surface area is 167 Å². The molecule has 1 aromatic carbocycles. The highest BCUT2D eigenvalue weighted by Crippen LogP contribution is 2.31. The molecule has 0 spiro atoms. The van der Waals surface area contributed by atoms with Gasteiger partial charge in [0.25, 0.3) is 0 Å². The normalized spacial score (nSPS) is 18.4. The van der Waals surface area contributed by atoms with Crippen molar-refractivity contribution < 1.29 is 9.59 Å². The van der Waals surface area contributed by atoms with Gasteiger partial charge < -0.3 is 20.4 Å². The van der Waals surface area contributed by atoms with Crippen molar-refractivity contribution in [3.8, 4) is 0 Å². The van der Waals surface area contributed by atoms with Gasteiger partial charge in [-0.3, -0.25) is 14.5 Å². The van der Waals surface area contributed by atoms with E-state index in [1.165, 1.54) is 16.8 Å². The Kier molecular flexibility index (Phi) is 6.70. The standard InChI is InChI=1S/C21H31N5O2/c1-4-8-22-20(27)21(28)23-15-19(26-12-10-24(2)11-13-26)16-5-6-18-17(14-16)7-9-25(18)3/h4-6,14,19H,1,7-13,15H2,2-3H3,(H,22,27)(H,23,28)/t19-/m1/s1. The van der Waals surface area contributed by atoms with E-state index in [9.17, 15) is 9.59 Å². The first-order chi connectivity index (χ1) is 13.5. The van der Waals surface area contributed by atoms with Gasteiger partial charge in [-0.2, -0.15) is 0 Å². The summed E-state index contributed by atoms with van der Waals surface area (Å²) in [5, 5.41) is 5.35. The van der Waals surface area contributed by atoms with Gasteiger partial charge in [0, 0.05) is 58.5 Å². The molecule has 1 aromatic rings. The highest BCUT2D eigenvalue weighted by molar-refractivity contribution is 6.35. The minimum Gasteiger partial charge on any atom is -0.374 e. The van der Waals surface area contributed by atoms with Crippen molar-refractivity contribution in [2.24, 2.45) is 0 Å². The molecule has 2 aliphatic heterocycles. The van der Waals surface area contributed by atoms with E-state index in [4.69, 9.17) is 0 Å². The molecule has 0 aliphatic carbocycles. The third kappa shape index (κ3) is 4.72. The Hall–Kier alpha value is -2.38. The number of likely N-dealkylation sites (N-methyl/N-ethyl adjacent to an activating group) is 2. The van der Waals surface area contributed by atoms with E-state index in [1.54, 1.807) is 6.08 Å². The van der Waals surface area contributed by atoms with Crippen molar-refractivity contribution in [3.63, 3.8) is 0 Å². The van der Waals surface area contributed by atoms with Gasteiger partial charge in [0.15, 0.2) is 0 Å². The van der Waals surface area contributed by atoms with Crippen LogP contribution in [0, 0.1) is 0 Å². The Morgan fingerprint density at radius 1 is 1.11 bits per heavy atom. The number of fused-ring (bicyclic) bond motifs is 1. The van der Waals surface area contributed by atoms with Crippen molar-refractivity contribution in [2.75, 3.05) is 64.8 Å². The van der Waals surface area contributed by atoms with Gasteiger partial charge in [-0.25, -0.2) is 0 Å². The molecule has 1 saturated heterocycles. The first-order valence-corrected chi connectivity index (χ1v) is 9.93. The minimum atomic E-state index is -0.618. The lowest BCUT2D eigenvalue weighted by molar-refractivity contribution is -0.139. The molecule has 2 aliphatic rings. The zero-order valence-corrected chi connectivity index (χ0v) is 16.9. The second-order valence-corrected chi connectivity index (χ2v) is 7.62. The summed E-state index contributed by atoms with van der Waals surface area (Å²) < 4.78 is 0. The molecule has 0 saturated carbocycles. The molecule has 7 nitrogen and oxygen atoms in total. The van der Waals surface area contributed by atoms with Crippen LogP contribution in [0.3, 0.4) is 0 Å². The van der Waals surface area contributed by atoms with Crippen molar-refractivity contribution in [1.29, 1.82) is 0 Å². The number of carbonyl (C=O) groups is 2. The summed E-state index contributed by atoms with van der Waals surface area (Å²) in [5.74, 6) is -1.21. The predicted octanol–water partition coefficient (Wildman–Crippen LogP) is 0.386. The van der Waals surface area contributed by atoms with E-state index < -0.39 is 11.8 Å². The van der Waals surface area contributed by atoms with Crippen LogP contribution in [0.5, 0.6) is 0 Å². The third-order valence-corrected chi connectivity index (χ3v) is 5.66. The summed E-state index contributed by atoms with van der Waals surface area (Å²) >= 11 is 0. The fourth-order valence-electron chi connectivity index (χ4n) is 3.90. The fraction of sp³-hybridized carbons (Fsp3) is 0.524. The molecule has 0 unspecified atom stereocenters. The number of anilines is 1. The van der Waals surface area contributed by atoms with E-state index in [0.29, 0.717) is 6.54 Å². The van der Waals surface area contributed by atoms with E-state index in [2.05, 4.69) is 64.2 Å². The maximum absolute atomic E-state index is 12.2. The largest absolute Gasteiger partial charge is 0.374 e. The molecule has 1 fully saturated rings. The molecule has 2 heterocycles. The SMILES string of the molecule is C=CCNC(=O)C(=O)NC[C@H](c1ccc2c(c1)CCN2C)N1CCN(C)CC1. The van der Waals surface area contributed by atoms with Crippen LogP contribution in [-0.2, 0) is 16.0 Å². The lowest BCUT2D eigenvalue weighted by atomic mass is 10.00. The quantitative estimate of drug-likeness (QED) is 0.548. The van der Waals surface area contributed by atoms with Crippen molar-refractivity contribution in [1.82, 2.24) is 20.4 Å². The van der Waals surface area contributed by atoms with E-state index in [-0.39, 0.29) is 12.6 Å². The number of nitrogens with zero attached hydrogens (tertiary/aromatic N) is 3. The van der Waals surface area contributed by atoms with E-state index >= 15 is 0 Å². The lowest BCUT2D eigenvalue weighted by Gasteiger charge is -2.38. The summed E-state index contributed by atoms with van der Waals surface area (Å²) in [5.41, 5.74) is 3.84. The zero-order chi connectivity index (χ0) is 20.1. The van der Waals surface area contributed by atoms with Crippen molar-refractivity contribution >= 4 is 17.5 Å². The van der Waals surface area contributed by atoms with Crippen molar-refractivity contribution in [3.05, 3.63) is 42.0 Å². The molecule has 2 N–H and O–H groups in total. The molecular formula is C21H31N5O2. The van der Waals surface area contributed by atoms with Crippen LogP contribution in [0.1, 0.15) is 17.2 Å². The molecule has 2 amide bonds. The van der Waals surface area contributed by atoms with Gasteiger partial charge in [-0.05, 0) is 30.7 Å². The summed E-state index contributed by atoms with van der Waals surface area (Å²) in [6.45, 7) is 9.16. The number of benzene rings is 1. The molecular weight excluding hydrogens is 354 g/mol. The first-order valence-electron chi connectivity index (χ1n) is 9.93. The second kappa shape index (κ2) is 9.21. The monoisotopic (exact) mass is 385 g/mol. The number of hydrogen-bond acceptors (Lipinski definition) is 5. The number of rotatable bonds is 6. The van der Waals surface area contributed by atoms with Gasteiger partial charge in [0.2, 0.25) is 0 Å². The zero-order valence-electron chi connectivity index (χ0n) is 16.9. The molecule has 1 atom stereocenters. The number of carbonyl (C=O) groups excluding carboxylic acids is 2. The van der Waals surface area contributed by atoms with Gasteiger partial charge >= 0.3 is 11.8 Å². The third-order valence-electron chi connectivity index (χ3n) is 5.66. The molecule has 3 rings (SSSR count). The Balaban J connectivity index is 1.73. The molecule has 28 heavy (non-hydrogen) atoms. The summed E-state index contributed by atoms with van der Waals surface area (Å²) in [6, 6.07) is 6.67. The average Bonchev–Trinajstić information content (AvgIpc) is 3.07. The highest BCUT2D eigenvalue weighted by atomic mass is 16.2. The van der Waals surface area contributed by atoms with Crippen LogP contribution in [0.4, 0.5) is 5.69 Å². The summed E-state index contributed by atoms with van der Waals surface area (Å²) in [7, 11) is 4.24. The molecule has 7 heteroatoms.